The van der Waals surface area contributed by atoms with Gasteiger partial charge < -0.3 is 23.9 Å². The monoisotopic (exact) mass is 793 g/mol. The number of amides is 1. The van der Waals surface area contributed by atoms with Gasteiger partial charge in [-0.15, -0.1) is 0 Å². The van der Waals surface area contributed by atoms with Crippen LogP contribution in [0.25, 0.3) is 50.3 Å². The van der Waals surface area contributed by atoms with E-state index >= 15 is 0 Å². The van der Waals surface area contributed by atoms with Crippen LogP contribution < -0.4 is 9.47 Å². The molecule has 0 bridgehead atoms. The summed E-state index contributed by atoms with van der Waals surface area (Å²) in [6, 6.07) is 22.7. The van der Waals surface area contributed by atoms with Crippen LogP contribution >= 0.6 is 0 Å². The van der Waals surface area contributed by atoms with Gasteiger partial charge in [0.15, 0.2) is 5.58 Å². The Labute approximate surface area is 342 Å². The molecule has 13 heteroatoms. The quantitative estimate of drug-likeness (QED) is 0.144. The standard InChI is InChI=1S/C46H47N7O6/c1-27-34(8-6-9-35(27)44-49-39-15-29(14-31(20-47)43(39)59-44)22-51-13-12-30(23-51)45(55)56)36-10-7-11-40-37(36)21-48-53(40)32-16-41(57-4)38(42(17-32)58-5)24-50(3)33-18-46(19-33)25-52(26-46)28(2)54/h6-11,14-17,21,30,33H,12-13,18-19,22-26H2,1-5H3,(H,55,56)/t30-/m1/s1. The number of carbonyl (C=O) groups is 2. The second-order valence-electron chi connectivity index (χ2n) is 16.6. The van der Waals surface area contributed by atoms with Crippen LogP contribution in [-0.4, -0.2) is 99.9 Å². The maximum absolute atomic E-state index is 11.8. The number of ether oxygens (including phenoxy) is 2. The van der Waals surface area contributed by atoms with Crippen LogP contribution in [0.1, 0.15) is 48.4 Å². The molecule has 2 aliphatic heterocycles. The summed E-state index contributed by atoms with van der Waals surface area (Å²) in [5.41, 5.74) is 9.08. The molecule has 4 heterocycles. The lowest BCUT2D eigenvalue weighted by Crippen LogP contribution is -2.66. The zero-order valence-electron chi connectivity index (χ0n) is 34.0. The zero-order valence-corrected chi connectivity index (χ0v) is 34.0. The fourth-order valence-corrected chi connectivity index (χ4v) is 9.59. The molecule has 0 unspecified atom stereocenters. The first kappa shape index (κ1) is 38.3. The Hall–Kier alpha value is -6.23. The van der Waals surface area contributed by atoms with Crippen molar-refractivity contribution in [2.45, 2.75) is 52.2 Å². The third-order valence-electron chi connectivity index (χ3n) is 12.9. The van der Waals surface area contributed by atoms with Crippen LogP contribution in [0.5, 0.6) is 11.5 Å². The summed E-state index contributed by atoms with van der Waals surface area (Å²) in [6.07, 6.45) is 4.66. The normalized spacial score (nSPS) is 17.7. The minimum atomic E-state index is -0.771. The number of aliphatic carboxylic acids is 1. The highest BCUT2D eigenvalue weighted by Crippen LogP contribution is 2.50. The highest BCUT2D eigenvalue weighted by Gasteiger charge is 2.54. The van der Waals surface area contributed by atoms with Gasteiger partial charge in [0.05, 0.1) is 48.7 Å². The summed E-state index contributed by atoms with van der Waals surface area (Å²) in [4.78, 5) is 34.5. The Kier molecular flexibility index (Phi) is 9.64. The molecule has 2 aromatic heterocycles. The smallest absolute Gasteiger partial charge is 0.307 e. The molecule has 59 heavy (non-hydrogen) atoms. The second kappa shape index (κ2) is 14.9. The minimum Gasteiger partial charge on any atom is -0.496 e. The van der Waals surface area contributed by atoms with Crippen molar-refractivity contribution < 1.29 is 28.6 Å². The number of nitrogens with zero attached hydrogens (tertiary/aromatic N) is 7. The molecule has 1 aliphatic carbocycles. The van der Waals surface area contributed by atoms with Gasteiger partial charge in [0.2, 0.25) is 11.8 Å². The van der Waals surface area contributed by atoms with Crippen LogP contribution in [-0.2, 0) is 22.7 Å². The van der Waals surface area contributed by atoms with Crippen LogP contribution in [0.2, 0.25) is 0 Å². The highest BCUT2D eigenvalue weighted by molar-refractivity contribution is 5.97. The minimum absolute atomic E-state index is 0.158. The molecule has 1 saturated carbocycles. The van der Waals surface area contributed by atoms with Gasteiger partial charge in [-0.3, -0.25) is 19.4 Å². The van der Waals surface area contributed by atoms with E-state index in [1.165, 1.54) is 0 Å². The van der Waals surface area contributed by atoms with E-state index in [4.69, 9.17) is 24.0 Å². The number of nitriles is 1. The van der Waals surface area contributed by atoms with Gasteiger partial charge >= 0.3 is 5.97 Å². The summed E-state index contributed by atoms with van der Waals surface area (Å²) in [6.45, 7) is 7.79. The molecule has 0 radical (unpaired) electrons. The predicted octanol–water partition coefficient (Wildman–Crippen LogP) is 7.05. The average Bonchev–Trinajstić information content (AvgIpc) is 3.95. The number of methoxy groups -OCH3 is 2. The molecule has 4 aromatic carbocycles. The number of carboxylic acid groups (broad SMARTS) is 1. The van der Waals surface area contributed by atoms with Gasteiger partial charge in [0, 0.05) is 74.2 Å². The summed E-state index contributed by atoms with van der Waals surface area (Å²) in [5.74, 6) is 0.886. The predicted molar refractivity (Wildman–Crippen MR) is 222 cm³/mol. The van der Waals surface area contributed by atoms with E-state index in [0.717, 1.165) is 87.4 Å². The molecule has 3 fully saturated rings. The fraction of sp³-hybridized carbons (Fsp3) is 0.370. The van der Waals surface area contributed by atoms with E-state index in [2.05, 4.69) is 41.1 Å². The van der Waals surface area contributed by atoms with Gasteiger partial charge in [0.25, 0.3) is 0 Å². The van der Waals surface area contributed by atoms with Gasteiger partial charge in [-0.25, -0.2) is 9.67 Å². The third kappa shape index (κ3) is 6.76. The van der Waals surface area contributed by atoms with Crippen molar-refractivity contribution in [2.24, 2.45) is 11.3 Å². The lowest BCUT2D eigenvalue weighted by atomic mass is 9.60. The number of hydrogen-bond acceptors (Lipinski definition) is 10. The molecule has 1 spiro atoms. The van der Waals surface area contributed by atoms with Crippen molar-refractivity contribution in [3.05, 3.63) is 89.1 Å². The average molecular weight is 794 g/mol. The van der Waals surface area contributed by atoms with Crippen molar-refractivity contribution in [3.63, 3.8) is 0 Å². The van der Waals surface area contributed by atoms with Crippen LogP contribution in [0.4, 0.5) is 0 Å². The SMILES string of the molecule is COc1cc(-n2ncc3c(-c4cccc(-c5nc6cc(CN7CC[C@@H](C(=O)O)C7)cc(C#N)c6o5)c4C)cccc32)cc(OC)c1CN(C)C1CC2(C1)CN(C(C)=O)C2. The number of carboxylic acids is 1. The lowest BCUT2D eigenvalue weighted by molar-refractivity contribution is -0.154. The second-order valence-corrected chi connectivity index (χ2v) is 16.6. The summed E-state index contributed by atoms with van der Waals surface area (Å²) in [5, 5.41) is 25.4. The van der Waals surface area contributed by atoms with Crippen molar-refractivity contribution in [1.29, 1.82) is 5.26 Å². The van der Waals surface area contributed by atoms with Gasteiger partial charge in [0.1, 0.15) is 23.1 Å². The molecule has 1 atom stereocenters. The van der Waals surface area contributed by atoms with E-state index in [-0.39, 0.29) is 17.2 Å². The van der Waals surface area contributed by atoms with Crippen molar-refractivity contribution in [3.8, 4) is 45.8 Å². The number of fused-ring (bicyclic) bond motifs is 2. The lowest BCUT2D eigenvalue weighted by Gasteiger charge is -2.60. The molecule has 9 rings (SSSR count). The van der Waals surface area contributed by atoms with Crippen molar-refractivity contribution in [2.75, 3.05) is 47.4 Å². The van der Waals surface area contributed by atoms with E-state index in [1.807, 2.05) is 65.2 Å². The Morgan fingerprint density at radius 1 is 1.03 bits per heavy atom. The Morgan fingerprint density at radius 3 is 2.42 bits per heavy atom. The Balaban J connectivity index is 0.988. The molecule has 302 valence electrons. The molecule has 1 amide bonds. The first-order valence-electron chi connectivity index (χ1n) is 20.0. The number of benzene rings is 4. The topological polar surface area (TPSA) is 150 Å². The van der Waals surface area contributed by atoms with Crippen molar-refractivity contribution in [1.82, 2.24) is 29.5 Å². The first-order valence-corrected chi connectivity index (χ1v) is 20.0. The largest absolute Gasteiger partial charge is 0.496 e. The summed E-state index contributed by atoms with van der Waals surface area (Å²) in [7, 11) is 5.51. The summed E-state index contributed by atoms with van der Waals surface area (Å²) < 4.78 is 20.2. The van der Waals surface area contributed by atoms with Gasteiger partial charge in [-0.05, 0) is 86.3 Å². The number of carbonyl (C=O) groups excluding carboxylic acids is 1. The Bertz CT molecular complexity index is 2650. The first-order chi connectivity index (χ1) is 28.5. The molecular formula is C46H47N7O6. The molecule has 1 N–H and O–H groups in total. The number of hydrogen-bond donors (Lipinski definition) is 1. The summed E-state index contributed by atoms with van der Waals surface area (Å²) >= 11 is 0. The van der Waals surface area contributed by atoms with E-state index in [0.29, 0.717) is 61.2 Å². The molecule has 3 aliphatic rings. The van der Waals surface area contributed by atoms with E-state index in [9.17, 15) is 20.0 Å². The Morgan fingerprint density at radius 2 is 1.75 bits per heavy atom. The number of aromatic nitrogens is 3. The van der Waals surface area contributed by atoms with E-state index < -0.39 is 5.97 Å². The van der Waals surface area contributed by atoms with Gasteiger partial charge in [-0.1, -0.05) is 24.3 Å². The van der Waals surface area contributed by atoms with Crippen LogP contribution in [0.15, 0.2) is 71.3 Å². The highest BCUT2D eigenvalue weighted by atomic mass is 16.5. The molecule has 2 saturated heterocycles. The maximum Gasteiger partial charge on any atom is 0.307 e. The van der Waals surface area contributed by atoms with Crippen LogP contribution in [0.3, 0.4) is 0 Å². The number of oxazole rings is 1. The zero-order chi connectivity index (χ0) is 41.2. The fourth-order valence-electron chi connectivity index (χ4n) is 9.59. The van der Waals surface area contributed by atoms with Crippen LogP contribution in [0, 0.1) is 29.6 Å². The maximum atomic E-state index is 11.8. The van der Waals surface area contributed by atoms with Gasteiger partial charge in [-0.2, -0.15) is 10.4 Å². The third-order valence-corrected chi connectivity index (χ3v) is 12.9. The molecular weight excluding hydrogens is 747 g/mol. The number of likely N-dealkylation sites (tertiary alicyclic amines) is 2. The molecule has 13 nitrogen and oxygen atoms in total. The number of rotatable bonds is 11. The van der Waals surface area contributed by atoms with Crippen molar-refractivity contribution >= 4 is 33.9 Å². The van der Waals surface area contributed by atoms with E-state index in [1.54, 1.807) is 21.1 Å². The molecule has 6 aromatic rings.